The number of aryl methyl sites for hydroxylation is 3. The van der Waals surface area contributed by atoms with Crippen molar-refractivity contribution in [3.8, 4) is 0 Å². The molecule has 0 heterocycles. The van der Waals surface area contributed by atoms with Crippen LogP contribution in [0.4, 0.5) is 0 Å². The number of fused-ring (bicyclic) bond motifs is 1. The van der Waals surface area contributed by atoms with Crippen LogP contribution in [0.2, 0.25) is 0 Å². The number of ketones is 3. The van der Waals surface area contributed by atoms with E-state index in [0.717, 1.165) is 74.5 Å². The second-order valence-corrected chi connectivity index (χ2v) is 11.7. The van der Waals surface area contributed by atoms with Gasteiger partial charge in [0, 0.05) is 17.9 Å². The van der Waals surface area contributed by atoms with Crippen molar-refractivity contribution < 1.29 is 14.4 Å². The van der Waals surface area contributed by atoms with Gasteiger partial charge in [0.05, 0.1) is 6.42 Å². The van der Waals surface area contributed by atoms with E-state index >= 15 is 0 Å². The molecule has 3 atom stereocenters. The smallest absolute Gasteiger partial charge is 0.163 e. The molecule has 3 nitrogen and oxygen atoms in total. The second-order valence-electron chi connectivity index (χ2n) is 11.7. The van der Waals surface area contributed by atoms with Gasteiger partial charge in [-0.25, -0.2) is 0 Å². The van der Waals surface area contributed by atoms with Crippen LogP contribution in [0, 0.1) is 17.8 Å². The molecule has 4 rings (SSSR count). The fourth-order valence-electron chi connectivity index (χ4n) is 6.72. The Bertz CT molecular complexity index is 1260. The highest BCUT2D eigenvalue weighted by Gasteiger charge is 2.33. The zero-order valence-electron chi connectivity index (χ0n) is 24.2. The van der Waals surface area contributed by atoms with Crippen molar-refractivity contribution in [2.75, 3.05) is 0 Å². The van der Waals surface area contributed by atoms with Crippen molar-refractivity contribution in [1.29, 1.82) is 0 Å². The summed E-state index contributed by atoms with van der Waals surface area (Å²) in [6, 6.07) is 27.3. The highest BCUT2D eigenvalue weighted by molar-refractivity contribution is 6.00. The average molecular weight is 537 g/mol. The first-order valence-electron chi connectivity index (χ1n) is 15.2. The molecule has 0 saturated carbocycles. The normalized spacial score (nSPS) is 16.2. The Morgan fingerprint density at radius 2 is 1.48 bits per heavy atom. The average Bonchev–Trinajstić information content (AvgIpc) is 2.95. The molecule has 0 amide bonds. The van der Waals surface area contributed by atoms with Crippen molar-refractivity contribution in [2.45, 2.75) is 84.5 Å². The van der Waals surface area contributed by atoms with Crippen LogP contribution < -0.4 is 0 Å². The quantitative estimate of drug-likeness (QED) is 0.145. The third-order valence-electron chi connectivity index (χ3n) is 8.64. The van der Waals surface area contributed by atoms with Crippen molar-refractivity contribution in [3.63, 3.8) is 0 Å². The van der Waals surface area contributed by atoms with Gasteiger partial charge in [0.25, 0.3) is 0 Å². The fourth-order valence-corrected chi connectivity index (χ4v) is 6.72. The van der Waals surface area contributed by atoms with Gasteiger partial charge >= 0.3 is 0 Å². The predicted octanol–water partition coefficient (Wildman–Crippen LogP) is 8.21. The van der Waals surface area contributed by atoms with Crippen LogP contribution in [0.3, 0.4) is 0 Å². The minimum absolute atomic E-state index is 0.0240. The maximum absolute atomic E-state index is 13.5. The molecule has 40 heavy (non-hydrogen) atoms. The molecule has 1 aliphatic carbocycles. The molecule has 0 aromatic heterocycles. The van der Waals surface area contributed by atoms with Gasteiger partial charge in [-0.15, -0.1) is 0 Å². The minimum Gasteiger partial charge on any atom is -0.300 e. The van der Waals surface area contributed by atoms with Gasteiger partial charge in [-0.1, -0.05) is 92.2 Å². The number of hydrogen-bond donors (Lipinski definition) is 0. The SMILES string of the molecule is CCC(C(=O)CC(C)=O)C(CCCCc1ccccc1)CC1CC(=O)c2c(CCc3ccccc3)cccc2C1. The van der Waals surface area contributed by atoms with Gasteiger partial charge in [-0.2, -0.15) is 0 Å². The zero-order chi connectivity index (χ0) is 28.3. The highest BCUT2D eigenvalue weighted by Crippen LogP contribution is 2.37. The minimum atomic E-state index is -0.116. The van der Waals surface area contributed by atoms with Gasteiger partial charge in [-0.3, -0.25) is 14.4 Å². The van der Waals surface area contributed by atoms with Crippen molar-refractivity contribution >= 4 is 17.3 Å². The molecular weight excluding hydrogens is 492 g/mol. The fraction of sp³-hybridized carbons (Fsp3) is 0.432. The molecule has 0 bridgehead atoms. The summed E-state index contributed by atoms with van der Waals surface area (Å²) >= 11 is 0. The topological polar surface area (TPSA) is 51.2 Å². The molecule has 0 aliphatic heterocycles. The third kappa shape index (κ3) is 8.34. The zero-order valence-corrected chi connectivity index (χ0v) is 24.2. The monoisotopic (exact) mass is 536 g/mol. The Morgan fingerprint density at radius 1 is 0.800 bits per heavy atom. The number of hydrogen-bond acceptors (Lipinski definition) is 3. The summed E-state index contributed by atoms with van der Waals surface area (Å²) in [6.07, 6.45) is 8.99. The summed E-state index contributed by atoms with van der Waals surface area (Å²) in [4.78, 5) is 38.5. The first kappa shape index (κ1) is 29.6. The Hall–Kier alpha value is -3.33. The van der Waals surface area contributed by atoms with Crippen LogP contribution in [0.1, 0.15) is 91.4 Å². The number of unbranched alkanes of at least 4 members (excludes halogenated alkanes) is 1. The van der Waals surface area contributed by atoms with Gasteiger partial charge in [0.2, 0.25) is 0 Å². The molecule has 0 fully saturated rings. The third-order valence-corrected chi connectivity index (χ3v) is 8.64. The number of Topliss-reactive ketones (excluding diaryl/α,β-unsaturated/α-hetero) is 3. The van der Waals surface area contributed by atoms with E-state index in [2.05, 4.69) is 73.7 Å². The Kier molecular flexibility index (Phi) is 11.0. The van der Waals surface area contributed by atoms with Crippen molar-refractivity contribution in [1.82, 2.24) is 0 Å². The van der Waals surface area contributed by atoms with Gasteiger partial charge in [0.15, 0.2) is 5.78 Å². The Balaban J connectivity index is 1.44. The lowest BCUT2D eigenvalue weighted by molar-refractivity contribution is -0.129. The number of carbonyl (C=O) groups is 3. The molecule has 0 radical (unpaired) electrons. The largest absolute Gasteiger partial charge is 0.300 e. The number of benzene rings is 3. The molecule has 3 aromatic rings. The van der Waals surface area contributed by atoms with Gasteiger partial charge in [-0.05, 0) is 92.4 Å². The summed E-state index contributed by atoms with van der Waals surface area (Å²) in [6.45, 7) is 3.58. The van der Waals surface area contributed by atoms with E-state index in [1.165, 1.54) is 18.1 Å². The van der Waals surface area contributed by atoms with E-state index in [1.54, 1.807) is 0 Å². The van der Waals surface area contributed by atoms with Crippen LogP contribution >= 0.6 is 0 Å². The predicted molar refractivity (Wildman–Crippen MR) is 163 cm³/mol. The lowest BCUT2D eigenvalue weighted by atomic mass is 9.71. The van der Waals surface area contributed by atoms with Crippen LogP contribution in [0.25, 0.3) is 0 Å². The Morgan fingerprint density at radius 3 is 2.12 bits per heavy atom. The van der Waals surface area contributed by atoms with Crippen LogP contribution in [0.5, 0.6) is 0 Å². The van der Waals surface area contributed by atoms with Gasteiger partial charge < -0.3 is 0 Å². The molecule has 0 spiro atoms. The maximum Gasteiger partial charge on any atom is 0.163 e. The van der Waals surface area contributed by atoms with E-state index in [1.807, 2.05) is 12.1 Å². The van der Waals surface area contributed by atoms with Crippen LogP contribution in [-0.4, -0.2) is 17.3 Å². The molecule has 1 aliphatic rings. The van der Waals surface area contributed by atoms with E-state index < -0.39 is 0 Å². The lowest BCUT2D eigenvalue weighted by Gasteiger charge is -2.32. The Labute approximate surface area is 240 Å². The first-order chi connectivity index (χ1) is 19.4. The summed E-state index contributed by atoms with van der Waals surface area (Å²) in [7, 11) is 0. The summed E-state index contributed by atoms with van der Waals surface area (Å²) in [5, 5.41) is 0. The van der Waals surface area contributed by atoms with Crippen LogP contribution in [-0.2, 0) is 35.3 Å². The highest BCUT2D eigenvalue weighted by atomic mass is 16.1. The molecule has 0 saturated heterocycles. The van der Waals surface area contributed by atoms with E-state index in [4.69, 9.17) is 0 Å². The van der Waals surface area contributed by atoms with E-state index in [9.17, 15) is 14.4 Å². The molecule has 3 aromatic carbocycles. The van der Waals surface area contributed by atoms with Crippen molar-refractivity contribution in [2.24, 2.45) is 17.8 Å². The second kappa shape index (κ2) is 14.9. The number of rotatable bonds is 15. The standard InChI is InChI=1S/C37H44O3/c1-3-34(35(39)23-27(2)38)32(18-11-10-17-28-13-6-4-7-14-28)24-30-25-33-20-12-19-31(37(33)36(40)26-30)22-21-29-15-8-5-9-16-29/h4-9,12-16,19-20,30,32,34H,3,10-11,17-18,21-26H2,1-2H3. The van der Waals surface area contributed by atoms with E-state index in [-0.39, 0.29) is 41.5 Å². The molecular formula is C37H44O3. The summed E-state index contributed by atoms with van der Waals surface area (Å²) in [5.74, 6) is 0.593. The van der Waals surface area contributed by atoms with Gasteiger partial charge in [0.1, 0.15) is 11.6 Å². The molecule has 3 unspecified atom stereocenters. The van der Waals surface area contributed by atoms with Crippen molar-refractivity contribution in [3.05, 3.63) is 107 Å². The number of carbonyl (C=O) groups excluding carboxylic acids is 3. The lowest BCUT2D eigenvalue weighted by Crippen LogP contribution is -2.30. The summed E-state index contributed by atoms with van der Waals surface area (Å²) < 4.78 is 0. The molecule has 210 valence electrons. The molecule has 0 N–H and O–H groups in total. The molecule has 3 heteroatoms. The van der Waals surface area contributed by atoms with E-state index in [0.29, 0.717) is 6.42 Å². The summed E-state index contributed by atoms with van der Waals surface area (Å²) in [5.41, 5.74) is 5.89. The maximum atomic E-state index is 13.5. The first-order valence-corrected chi connectivity index (χ1v) is 15.2. The van der Waals surface area contributed by atoms with Crippen LogP contribution in [0.15, 0.2) is 78.9 Å².